The Hall–Kier alpha value is -1.68. The first-order valence-corrected chi connectivity index (χ1v) is 8.88. The van der Waals surface area contributed by atoms with E-state index < -0.39 is 0 Å². The van der Waals surface area contributed by atoms with Crippen molar-refractivity contribution in [3.05, 3.63) is 36.2 Å². The Bertz CT molecular complexity index is 632. The lowest BCUT2D eigenvalue weighted by molar-refractivity contribution is 0.139. The molecule has 124 valence electrons. The average Bonchev–Trinajstić information content (AvgIpc) is 3.04. The minimum atomic E-state index is 0.657. The lowest BCUT2D eigenvalue weighted by Gasteiger charge is -2.35. The zero-order chi connectivity index (χ0) is 16.2. The molecule has 2 aromatic heterocycles. The molecule has 3 rings (SSSR count). The van der Waals surface area contributed by atoms with Gasteiger partial charge in [0.25, 0.3) is 0 Å². The number of hydrogen-bond acceptors (Lipinski definition) is 3. The highest BCUT2D eigenvalue weighted by Gasteiger charge is 2.22. The van der Waals surface area contributed by atoms with Crippen molar-refractivity contribution < 1.29 is 0 Å². The minimum Gasteiger partial charge on any atom is -0.301 e. The van der Waals surface area contributed by atoms with Crippen molar-refractivity contribution in [2.75, 3.05) is 13.1 Å². The van der Waals surface area contributed by atoms with Crippen molar-refractivity contribution in [3.8, 4) is 11.4 Å². The molecule has 1 fully saturated rings. The van der Waals surface area contributed by atoms with Crippen molar-refractivity contribution in [2.24, 2.45) is 5.92 Å². The SMILES string of the molecule is CCn1nccc1-c1cc(C[C@@H]2CCCN(C(C)C)C2)ccn1. The van der Waals surface area contributed by atoms with Crippen LogP contribution >= 0.6 is 0 Å². The second-order valence-corrected chi connectivity index (χ2v) is 6.88. The van der Waals surface area contributed by atoms with Gasteiger partial charge in [-0.3, -0.25) is 9.67 Å². The van der Waals surface area contributed by atoms with Gasteiger partial charge in [0, 0.05) is 31.5 Å². The van der Waals surface area contributed by atoms with Gasteiger partial charge in [-0.2, -0.15) is 5.10 Å². The summed E-state index contributed by atoms with van der Waals surface area (Å²) < 4.78 is 2.01. The van der Waals surface area contributed by atoms with Crippen LogP contribution in [0.5, 0.6) is 0 Å². The quantitative estimate of drug-likeness (QED) is 0.845. The molecule has 1 atom stereocenters. The van der Waals surface area contributed by atoms with Crippen molar-refractivity contribution >= 4 is 0 Å². The maximum absolute atomic E-state index is 4.56. The Morgan fingerprint density at radius 2 is 2.13 bits per heavy atom. The van der Waals surface area contributed by atoms with Crippen LogP contribution in [0, 0.1) is 5.92 Å². The van der Waals surface area contributed by atoms with Crippen LogP contribution in [0.25, 0.3) is 11.4 Å². The lowest BCUT2D eigenvalue weighted by atomic mass is 9.90. The monoisotopic (exact) mass is 312 g/mol. The second kappa shape index (κ2) is 7.26. The molecular formula is C19H28N4. The summed E-state index contributed by atoms with van der Waals surface area (Å²) in [5.41, 5.74) is 3.55. The number of piperidine rings is 1. The lowest BCUT2D eigenvalue weighted by Crippen LogP contribution is -2.40. The van der Waals surface area contributed by atoms with Crippen LogP contribution in [0.15, 0.2) is 30.6 Å². The molecule has 0 radical (unpaired) electrons. The third-order valence-corrected chi connectivity index (χ3v) is 4.91. The number of hydrogen-bond donors (Lipinski definition) is 0. The van der Waals surface area contributed by atoms with E-state index in [1.54, 1.807) is 0 Å². The molecule has 1 aliphatic rings. The van der Waals surface area contributed by atoms with E-state index in [2.05, 4.69) is 54.0 Å². The summed E-state index contributed by atoms with van der Waals surface area (Å²) in [6.07, 6.45) is 7.62. The number of nitrogens with zero attached hydrogens (tertiary/aromatic N) is 4. The van der Waals surface area contributed by atoms with Crippen LogP contribution in [-0.4, -0.2) is 38.8 Å². The van der Waals surface area contributed by atoms with Crippen LogP contribution in [0.4, 0.5) is 0 Å². The van der Waals surface area contributed by atoms with E-state index in [9.17, 15) is 0 Å². The summed E-state index contributed by atoms with van der Waals surface area (Å²) in [6, 6.07) is 7.13. The molecule has 0 amide bonds. The van der Waals surface area contributed by atoms with Crippen LogP contribution in [0.1, 0.15) is 39.2 Å². The van der Waals surface area contributed by atoms with Gasteiger partial charge in [-0.25, -0.2) is 0 Å². The Kier molecular flexibility index (Phi) is 5.11. The van der Waals surface area contributed by atoms with E-state index in [1.165, 1.54) is 31.5 Å². The standard InChI is InChI=1S/C19H28N4/c1-4-23-19(8-10-21-23)18-13-16(7-9-20-18)12-17-6-5-11-22(14-17)15(2)3/h7-10,13,15,17H,4-6,11-12,14H2,1-3H3/t17-/m0/s1. The van der Waals surface area contributed by atoms with E-state index in [-0.39, 0.29) is 0 Å². The second-order valence-electron chi connectivity index (χ2n) is 6.88. The predicted molar refractivity (Wildman–Crippen MR) is 94.3 cm³/mol. The summed E-state index contributed by atoms with van der Waals surface area (Å²) in [5.74, 6) is 0.762. The maximum Gasteiger partial charge on any atom is 0.0885 e. The number of aryl methyl sites for hydroxylation is 1. The van der Waals surface area contributed by atoms with Gasteiger partial charge in [0.2, 0.25) is 0 Å². The fourth-order valence-corrected chi connectivity index (χ4v) is 3.61. The highest BCUT2D eigenvalue weighted by molar-refractivity contribution is 5.54. The summed E-state index contributed by atoms with van der Waals surface area (Å²) in [7, 11) is 0. The molecule has 0 aromatic carbocycles. The molecule has 2 aromatic rings. The van der Waals surface area contributed by atoms with Crippen LogP contribution in [-0.2, 0) is 13.0 Å². The molecule has 4 heteroatoms. The van der Waals surface area contributed by atoms with Gasteiger partial charge in [-0.15, -0.1) is 0 Å². The zero-order valence-electron chi connectivity index (χ0n) is 14.6. The summed E-state index contributed by atoms with van der Waals surface area (Å²) in [5, 5.41) is 4.36. The van der Waals surface area contributed by atoms with Crippen LogP contribution in [0.3, 0.4) is 0 Å². The summed E-state index contributed by atoms with van der Waals surface area (Å²) in [4.78, 5) is 7.17. The Morgan fingerprint density at radius 1 is 1.26 bits per heavy atom. The van der Waals surface area contributed by atoms with Crippen LogP contribution < -0.4 is 0 Å². The van der Waals surface area contributed by atoms with Gasteiger partial charge in [-0.1, -0.05) is 0 Å². The van der Waals surface area contributed by atoms with Crippen molar-refractivity contribution in [1.29, 1.82) is 0 Å². The molecule has 4 nitrogen and oxygen atoms in total. The number of aromatic nitrogens is 3. The maximum atomic E-state index is 4.56. The van der Waals surface area contributed by atoms with E-state index in [1.807, 2.05) is 17.1 Å². The van der Waals surface area contributed by atoms with Gasteiger partial charge in [0.05, 0.1) is 11.4 Å². The third-order valence-electron chi connectivity index (χ3n) is 4.91. The number of pyridine rings is 1. The molecule has 1 saturated heterocycles. The van der Waals surface area contributed by atoms with Crippen LogP contribution in [0.2, 0.25) is 0 Å². The Morgan fingerprint density at radius 3 is 2.91 bits per heavy atom. The topological polar surface area (TPSA) is 34.0 Å². The van der Waals surface area contributed by atoms with Crippen molar-refractivity contribution in [2.45, 2.75) is 52.6 Å². The van der Waals surface area contributed by atoms with E-state index in [4.69, 9.17) is 0 Å². The van der Waals surface area contributed by atoms with E-state index in [0.717, 1.165) is 30.3 Å². The molecule has 0 saturated carbocycles. The molecule has 23 heavy (non-hydrogen) atoms. The van der Waals surface area contributed by atoms with Crippen molar-refractivity contribution in [3.63, 3.8) is 0 Å². The summed E-state index contributed by atoms with van der Waals surface area (Å²) >= 11 is 0. The largest absolute Gasteiger partial charge is 0.301 e. The Balaban J connectivity index is 1.73. The summed E-state index contributed by atoms with van der Waals surface area (Å²) in [6.45, 7) is 10.1. The first-order valence-electron chi connectivity index (χ1n) is 8.88. The molecule has 0 aliphatic carbocycles. The molecule has 0 bridgehead atoms. The van der Waals surface area contributed by atoms with Gasteiger partial charge < -0.3 is 4.90 Å². The van der Waals surface area contributed by atoms with Crippen molar-refractivity contribution in [1.82, 2.24) is 19.7 Å². The fraction of sp³-hybridized carbons (Fsp3) is 0.579. The molecule has 1 aliphatic heterocycles. The van der Waals surface area contributed by atoms with E-state index in [0.29, 0.717) is 6.04 Å². The third kappa shape index (κ3) is 3.81. The first-order chi connectivity index (χ1) is 11.2. The molecule has 0 N–H and O–H groups in total. The number of likely N-dealkylation sites (tertiary alicyclic amines) is 1. The molecule has 0 unspecified atom stereocenters. The van der Waals surface area contributed by atoms with E-state index >= 15 is 0 Å². The number of rotatable bonds is 5. The smallest absolute Gasteiger partial charge is 0.0885 e. The highest BCUT2D eigenvalue weighted by Crippen LogP contribution is 2.24. The minimum absolute atomic E-state index is 0.657. The fourth-order valence-electron chi connectivity index (χ4n) is 3.61. The Labute approximate surface area is 139 Å². The van der Waals surface area contributed by atoms with Gasteiger partial charge >= 0.3 is 0 Å². The molecule has 0 spiro atoms. The van der Waals surface area contributed by atoms with Gasteiger partial charge in [0.1, 0.15) is 0 Å². The normalized spacial score (nSPS) is 19.4. The predicted octanol–water partition coefficient (Wildman–Crippen LogP) is 3.63. The molecule has 3 heterocycles. The van der Waals surface area contributed by atoms with Gasteiger partial charge in [-0.05, 0) is 76.3 Å². The zero-order valence-corrected chi connectivity index (χ0v) is 14.6. The highest BCUT2D eigenvalue weighted by atomic mass is 15.3. The molecular weight excluding hydrogens is 284 g/mol. The van der Waals surface area contributed by atoms with Gasteiger partial charge in [0.15, 0.2) is 0 Å². The first kappa shape index (κ1) is 16.2. The average molecular weight is 312 g/mol.